The van der Waals surface area contributed by atoms with Crippen LogP contribution in [0.5, 0.6) is 5.88 Å². The molecule has 0 aliphatic carbocycles. The average Bonchev–Trinajstić information content (AvgIpc) is 2.39. The second-order valence-corrected chi connectivity index (χ2v) is 4.33. The van der Waals surface area contributed by atoms with E-state index >= 15 is 0 Å². The quantitative estimate of drug-likeness (QED) is 0.846. The van der Waals surface area contributed by atoms with E-state index < -0.39 is 0 Å². The molecule has 1 atom stereocenters. The SMILES string of the molecule is CNCc1ccnc(OCC2CCCCO2)c1. The molecule has 1 aromatic rings. The van der Waals surface area contributed by atoms with Crippen LogP contribution in [0.4, 0.5) is 0 Å². The van der Waals surface area contributed by atoms with Gasteiger partial charge in [-0.05, 0) is 37.9 Å². The summed E-state index contributed by atoms with van der Waals surface area (Å²) >= 11 is 0. The van der Waals surface area contributed by atoms with Crippen molar-refractivity contribution in [3.8, 4) is 5.88 Å². The monoisotopic (exact) mass is 236 g/mol. The van der Waals surface area contributed by atoms with Crippen molar-refractivity contribution >= 4 is 0 Å². The third-order valence-electron chi connectivity index (χ3n) is 2.87. The molecule has 1 N–H and O–H groups in total. The number of hydrogen-bond donors (Lipinski definition) is 1. The lowest BCUT2D eigenvalue weighted by Gasteiger charge is -2.22. The highest BCUT2D eigenvalue weighted by atomic mass is 16.5. The first-order valence-corrected chi connectivity index (χ1v) is 6.22. The fraction of sp³-hybridized carbons (Fsp3) is 0.615. The molecule has 1 aromatic heterocycles. The van der Waals surface area contributed by atoms with Crippen LogP contribution in [0.15, 0.2) is 18.3 Å². The molecule has 94 valence electrons. The second kappa shape index (κ2) is 6.57. The molecular weight excluding hydrogens is 216 g/mol. The number of rotatable bonds is 5. The van der Waals surface area contributed by atoms with Crippen LogP contribution in [0.25, 0.3) is 0 Å². The van der Waals surface area contributed by atoms with E-state index in [0.717, 1.165) is 19.6 Å². The molecule has 0 bridgehead atoms. The standard InChI is InChI=1S/C13H20N2O2/c1-14-9-11-5-6-15-13(8-11)17-10-12-4-2-3-7-16-12/h5-6,8,12,14H,2-4,7,9-10H2,1H3. The molecule has 0 saturated carbocycles. The third-order valence-corrected chi connectivity index (χ3v) is 2.87. The minimum absolute atomic E-state index is 0.235. The van der Waals surface area contributed by atoms with E-state index in [1.54, 1.807) is 6.20 Å². The lowest BCUT2D eigenvalue weighted by atomic mass is 10.1. The average molecular weight is 236 g/mol. The van der Waals surface area contributed by atoms with Crippen LogP contribution in [0.3, 0.4) is 0 Å². The zero-order valence-electron chi connectivity index (χ0n) is 10.3. The van der Waals surface area contributed by atoms with Crippen molar-refractivity contribution in [3.63, 3.8) is 0 Å². The molecule has 4 heteroatoms. The van der Waals surface area contributed by atoms with Gasteiger partial charge in [0.1, 0.15) is 6.61 Å². The fourth-order valence-corrected chi connectivity index (χ4v) is 1.96. The molecule has 1 fully saturated rings. The van der Waals surface area contributed by atoms with Crippen molar-refractivity contribution in [2.75, 3.05) is 20.3 Å². The highest BCUT2D eigenvalue weighted by Gasteiger charge is 2.14. The van der Waals surface area contributed by atoms with Gasteiger partial charge in [-0.1, -0.05) is 0 Å². The van der Waals surface area contributed by atoms with Gasteiger partial charge in [-0.2, -0.15) is 0 Å². The summed E-state index contributed by atoms with van der Waals surface area (Å²) in [6.07, 6.45) is 5.52. The lowest BCUT2D eigenvalue weighted by molar-refractivity contribution is -0.0119. The third kappa shape index (κ3) is 3.98. The maximum absolute atomic E-state index is 5.67. The van der Waals surface area contributed by atoms with Gasteiger partial charge in [-0.15, -0.1) is 0 Å². The van der Waals surface area contributed by atoms with Crippen LogP contribution in [-0.4, -0.2) is 31.3 Å². The lowest BCUT2D eigenvalue weighted by Crippen LogP contribution is -2.26. The maximum Gasteiger partial charge on any atom is 0.213 e. The van der Waals surface area contributed by atoms with Gasteiger partial charge in [-0.25, -0.2) is 4.98 Å². The molecule has 1 aliphatic heterocycles. The summed E-state index contributed by atoms with van der Waals surface area (Å²) < 4.78 is 11.3. The van der Waals surface area contributed by atoms with Gasteiger partial charge >= 0.3 is 0 Å². The summed E-state index contributed by atoms with van der Waals surface area (Å²) in [5.74, 6) is 0.687. The number of hydrogen-bond acceptors (Lipinski definition) is 4. The van der Waals surface area contributed by atoms with Crippen molar-refractivity contribution in [1.82, 2.24) is 10.3 Å². The van der Waals surface area contributed by atoms with Crippen LogP contribution < -0.4 is 10.1 Å². The van der Waals surface area contributed by atoms with Gasteiger partial charge in [0.2, 0.25) is 5.88 Å². The molecule has 0 amide bonds. The molecule has 0 radical (unpaired) electrons. The first-order chi connectivity index (χ1) is 8.38. The molecule has 17 heavy (non-hydrogen) atoms. The van der Waals surface area contributed by atoms with Crippen molar-refractivity contribution < 1.29 is 9.47 Å². The Kier molecular flexibility index (Phi) is 4.76. The van der Waals surface area contributed by atoms with E-state index in [2.05, 4.69) is 10.3 Å². The second-order valence-electron chi connectivity index (χ2n) is 4.33. The largest absolute Gasteiger partial charge is 0.475 e. The number of aromatic nitrogens is 1. The molecule has 2 rings (SSSR count). The molecule has 2 heterocycles. The maximum atomic E-state index is 5.67. The van der Waals surface area contributed by atoms with Crippen LogP contribution in [-0.2, 0) is 11.3 Å². The first-order valence-electron chi connectivity index (χ1n) is 6.22. The van der Waals surface area contributed by atoms with Crippen LogP contribution in [0, 0.1) is 0 Å². The van der Waals surface area contributed by atoms with E-state index in [9.17, 15) is 0 Å². The van der Waals surface area contributed by atoms with Crippen molar-refractivity contribution in [2.45, 2.75) is 31.9 Å². The topological polar surface area (TPSA) is 43.4 Å². The zero-order chi connectivity index (χ0) is 11.9. The minimum atomic E-state index is 0.235. The molecule has 4 nitrogen and oxygen atoms in total. The minimum Gasteiger partial charge on any atom is -0.475 e. The highest BCUT2D eigenvalue weighted by Crippen LogP contribution is 2.15. The van der Waals surface area contributed by atoms with Crippen LogP contribution in [0.2, 0.25) is 0 Å². The number of nitrogens with zero attached hydrogens (tertiary/aromatic N) is 1. The molecular formula is C13H20N2O2. The van der Waals surface area contributed by atoms with Gasteiger partial charge in [-0.3, -0.25) is 0 Å². The summed E-state index contributed by atoms with van der Waals surface area (Å²) in [6.45, 7) is 2.30. The number of pyridine rings is 1. The molecule has 0 aromatic carbocycles. The Hall–Kier alpha value is -1.13. The summed E-state index contributed by atoms with van der Waals surface area (Å²) in [7, 11) is 1.93. The Bertz CT molecular complexity index is 338. The van der Waals surface area contributed by atoms with Crippen molar-refractivity contribution in [1.29, 1.82) is 0 Å². The first kappa shape index (κ1) is 12.3. The fourth-order valence-electron chi connectivity index (χ4n) is 1.96. The summed E-state index contributed by atoms with van der Waals surface area (Å²) in [5, 5.41) is 3.11. The van der Waals surface area contributed by atoms with Gasteiger partial charge in [0.05, 0.1) is 6.10 Å². The molecule has 1 aliphatic rings. The summed E-state index contributed by atoms with van der Waals surface area (Å²) in [6, 6.07) is 3.96. The van der Waals surface area contributed by atoms with E-state index in [-0.39, 0.29) is 6.10 Å². The van der Waals surface area contributed by atoms with Gasteiger partial charge < -0.3 is 14.8 Å². The van der Waals surface area contributed by atoms with Crippen molar-refractivity contribution in [2.24, 2.45) is 0 Å². The molecule has 1 saturated heterocycles. The summed E-state index contributed by atoms with van der Waals surface area (Å²) in [4.78, 5) is 4.20. The van der Waals surface area contributed by atoms with E-state index in [1.807, 2.05) is 19.2 Å². The van der Waals surface area contributed by atoms with Crippen LogP contribution in [0.1, 0.15) is 24.8 Å². The Morgan fingerprint density at radius 1 is 1.53 bits per heavy atom. The van der Waals surface area contributed by atoms with Gasteiger partial charge in [0, 0.05) is 25.4 Å². The summed E-state index contributed by atoms with van der Waals surface area (Å²) in [5.41, 5.74) is 1.18. The van der Waals surface area contributed by atoms with Gasteiger partial charge in [0.25, 0.3) is 0 Å². The zero-order valence-corrected chi connectivity index (χ0v) is 10.3. The van der Waals surface area contributed by atoms with E-state index in [4.69, 9.17) is 9.47 Å². The molecule has 0 spiro atoms. The number of ether oxygens (including phenoxy) is 2. The normalized spacial score (nSPS) is 20.2. The van der Waals surface area contributed by atoms with Crippen LogP contribution >= 0.6 is 0 Å². The highest BCUT2D eigenvalue weighted by molar-refractivity contribution is 5.20. The Morgan fingerprint density at radius 2 is 2.47 bits per heavy atom. The predicted octanol–water partition coefficient (Wildman–Crippen LogP) is 1.75. The predicted molar refractivity (Wildman–Crippen MR) is 66.1 cm³/mol. The Morgan fingerprint density at radius 3 is 3.24 bits per heavy atom. The Balaban J connectivity index is 1.83. The smallest absolute Gasteiger partial charge is 0.213 e. The number of nitrogens with one attached hydrogen (secondary N) is 1. The van der Waals surface area contributed by atoms with Gasteiger partial charge in [0.15, 0.2) is 0 Å². The molecule has 1 unspecified atom stereocenters. The van der Waals surface area contributed by atoms with Crippen molar-refractivity contribution in [3.05, 3.63) is 23.9 Å². The van der Waals surface area contributed by atoms with E-state index in [1.165, 1.54) is 18.4 Å². The van der Waals surface area contributed by atoms with E-state index in [0.29, 0.717) is 12.5 Å². The Labute approximate surface area is 102 Å².